The Hall–Kier alpha value is -2.08. The summed E-state index contributed by atoms with van der Waals surface area (Å²) in [4.78, 5) is 14.8. The maximum Gasteiger partial charge on any atom is 0.191 e. The molecule has 26 heavy (non-hydrogen) atoms. The van der Waals surface area contributed by atoms with Gasteiger partial charge in [0.05, 0.1) is 11.0 Å². The zero-order valence-corrected chi connectivity index (χ0v) is 16.7. The van der Waals surface area contributed by atoms with Gasteiger partial charge in [-0.15, -0.1) is 0 Å². The normalized spacial score (nSPS) is 13.3. The summed E-state index contributed by atoms with van der Waals surface area (Å²) in [6.07, 6.45) is 3.18. The highest BCUT2D eigenvalue weighted by Gasteiger charge is 2.07. The summed E-state index contributed by atoms with van der Waals surface area (Å²) < 4.78 is 0. The molecule has 0 aliphatic rings. The molecule has 1 unspecified atom stereocenters. The third-order valence-corrected chi connectivity index (χ3v) is 4.71. The lowest BCUT2D eigenvalue weighted by Gasteiger charge is -2.21. The summed E-state index contributed by atoms with van der Waals surface area (Å²) in [5.74, 6) is 1.86. The molecular weight excluding hydrogens is 324 g/mol. The first-order valence-electron chi connectivity index (χ1n) is 9.79. The van der Waals surface area contributed by atoms with E-state index in [1.54, 1.807) is 0 Å². The van der Waals surface area contributed by atoms with Gasteiger partial charge in [0.2, 0.25) is 0 Å². The lowest BCUT2D eigenvalue weighted by atomic mass is 10.2. The monoisotopic (exact) mass is 358 g/mol. The van der Waals surface area contributed by atoms with Crippen LogP contribution in [0, 0.1) is 0 Å². The standard InChI is InChI=1S/C20H34N6/c1-5-26(6-2)15-9-10-16(3)23-20(21-4)22-14-13-19-24-17-11-7-8-12-18(17)25-19/h7-8,11-12,16H,5-6,9-10,13-15H2,1-4H3,(H,24,25)(H2,21,22,23). The number of guanidine groups is 1. The molecule has 1 aromatic carbocycles. The van der Waals surface area contributed by atoms with Crippen molar-refractivity contribution < 1.29 is 0 Å². The smallest absolute Gasteiger partial charge is 0.191 e. The van der Waals surface area contributed by atoms with Gasteiger partial charge < -0.3 is 20.5 Å². The number of hydrogen-bond acceptors (Lipinski definition) is 3. The van der Waals surface area contributed by atoms with E-state index >= 15 is 0 Å². The third kappa shape index (κ3) is 6.33. The van der Waals surface area contributed by atoms with Crippen LogP contribution in [-0.4, -0.2) is 60.1 Å². The molecule has 1 heterocycles. The number of hydrogen-bond donors (Lipinski definition) is 3. The molecule has 144 valence electrons. The summed E-state index contributed by atoms with van der Waals surface area (Å²) in [5, 5.41) is 6.86. The molecule has 2 aromatic rings. The maximum atomic E-state index is 4.61. The molecule has 0 saturated heterocycles. The molecule has 0 saturated carbocycles. The van der Waals surface area contributed by atoms with Crippen LogP contribution in [0.1, 0.15) is 39.4 Å². The van der Waals surface area contributed by atoms with E-state index in [9.17, 15) is 0 Å². The molecular formula is C20H34N6. The van der Waals surface area contributed by atoms with Crippen LogP contribution in [0.2, 0.25) is 0 Å². The van der Waals surface area contributed by atoms with Gasteiger partial charge in [-0.2, -0.15) is 0 Å². The van der Waals surface area contributed by atoms with Gasteiger partial charge in [-0.25, -0.2) is 4.98 Å². The van der Waals surface area contributed by atoms with Crippen molar-refractivity contribution in [3.8, 4) is 0 Å². The van der Waals surface area contributed by atoms with Gasteiger partial charge in [0.15, 0.2) is 5.96 Å². The van der Waals surface area contributed by atoms with E-state index in [1.165, 1.54) is 6.42 Å². The van der Waals surface area contributed by atoms with E-state index in [0.717, 1.165) is 61.8 Å². The van der Waals surface area contributed by atoms with E-state index in [1.807, 2.05) is 25.2 Å². The second-order valence-corrected chi connectivity index (χ2v) is 6.66. The molecule has 1 aromatic heterocycles. The van der Waals surface area contributed by atoms with E-state index in [0.29, 0.717) is 6.04 Å². The first-order chi connectivity index (χ1) is 12.7. The Morgan fingerprint density at radius 1 is 1.27 bits per heavy atom. The van der Waals surface area contributed by atoms with Crippen molar-refractivity contribution in [1.82, 2.24) is 25.5 Å². The van der Waals surface area contributed by atoms with Crippen molar-refractivity contribution in [2.24, 2.45) is 4.99 Å². The number of fused-ring (bicyclic) bond motifs is 1. The van der Waals surface area contributed by atoms with E-state index in [4.69, 9.17) is 0 Å². The molecule has 0 amide bonds. The first-order valence-corrected chi connectivity index (χ1v) is 9.79. The number of aromatic amines is 1. The highest BCUT2D eigenvalue weighted by atomic mass is 15.2. The molecule has 2 rings (SSSR count). The highest BCUT2D eigenvalue weighted by Crippen LogP contribution is 2.10. The van der Waals surface area contributed by atoms with E-state index in [2.05, 4.69) is 57.3 Å². The fourth-order valence-electron chi connectivity index (χ4n) is 3.08. The first kappa shape index (κ1) is 20.2. The number of para-hydroxylation sites is 2. The molecule has 0 aliphatic carbocycles. The quantitative estimate of drug-likeness (QED) is 0.451. The predicted molar refractivity (Wildman–Crippen MR) is 111 cm³/mol. The van der Waals surface area contributed by atoms with Gasteiger partial charge >= 0.3 is 0 Å². The number of nitrogens with one attached hydrogen (secondary N) is 3. The maximum absolute atomic E-state index is 4.61. The molecule has 1 atom stereocenters. The molecule has 0 bridgehead atoms. The van der Waals surface area contributed by atoms with Crippen LogP contribution in [0.3, 0.4) is 0 Å². The fraction of sp³-hybridized carbons (Fsp3) is 0.600. The van der Waals surface area contributed by atoms with Crippen molar-refractivity contribution in [3.05, 3.63) is 30.1 Å². The van der Waals surface area contributed by atoms with Crippen LogP contribution >= 0.6 is 0 Å². The van der Waals surface area contributed by atoms with Crippen LogP contribution < -0.4 is 10.6 Å². The van der Waals surface area contributed by atoms with Crippen LogP contribution in [0.5, 0.6) is 0 Å². The van der Waals surface area contributed by atoms with Crippen LogP contribution in [-0.2, 0) is 6.42 Å². The van der Waals surface area contributed by atoms with Gasteiger partial charge in [0, 0.05) is 26.1 Å². The van der Waals surface area contributed by atoms with Crippen LogP contribution in [0.15, 0.2) is 29.3 Å². The zero-order valence-electron chi connectivity index (χ0n) is 16.7. The van der Waals surface area contributed by atoms with Crippen LogP contribution in [0.25, 0.3) is 11.0 Å². The number of imidazole rings is 1. The van der Waals surface area contributed by atoms with Crippen molar-refractivity contribution in [1.29, 1.82) is 0 Å². The number of H-pyrrole nitrogens is 1. The van der Waals surface area contributed by atoms with E-state index in [-0.39, 0.29) is 0 Å². The lowest BCUT2D eigenvalue weighted by molar-refractivity contribution is 0.292. The average molecular weight is 359 g/mol. The second-order valence-electron chi connectivity index (χ2n) is 6.66. The number of aliphatic imine (C=N–C) groups is 1. The molecule has 0 aliphatic heterocycles. The number of aromatic nitrogens is 2. The summed E-state index contributed by atoms with van der Waals surface area (Å²) in [6.45, 7) is 10.9. The summed E-state index contributed by atoms with van der Waals surface area (Å²) in [7, 11) is 1.82. The van der Waals surface area contributed by atoms with E-state index < -0.39 is 0 Å². The molecule has 3 N–H and O–H groups in total. The number of rotatable bonds is 10. The molecule has 0 fully saturated rings. The van der Waals surface area contributed by atoms with Gasteiger partial charge in [0.25, 0.3) is 0 Å². The Balaban J connectivity index is 1.70. The van der Waals surface area contributed by atoms with Crippen molar-refractivity contribution in [2.45, 2.75) is 46.1 Å². The van der Waals surface area contributed by atoms with Crippen LogP contribution in [0.4, 0.5) is 0 Å². The predicted octanol–water partition coefficient (Wildman–Crippen LogP) is 2.78. The lowest BCUT2D eigenvalue weighted by Crippen LogP contribution is -2.43. The second kappa shape index (κ2) is 10.8. The Morgan fingerprint density at radius 3 is 2.73 bits per heavy atom. The SMILES string of the molecule is CCN(CC)CCCC(C)NC(=NC)NCCc1nc2ccccc2[nH]1. The molecule has 0 radical (unpaired) electrons. The van der Waals surface area contributed by atoms with Crippen molar-refractivity contribution in [2.75, 3.05) is 33.2 Å². The Kier molecular flexibility index (Phi) is 8.41. The minimum absolute atomic E-state index is 0.406. The molecule has 6 nitrogen and oxygen atoms in total. The third-order valence-electron chi connectivity index (χ3n) is 4.71. The Bertz CT molecular complexity index is 641. The van der Waals surface area contributed by atoms with Crippen molar-refractivity contribution >= 4 is 17.0 Å². The largest absolute Gasteiger partial charge is 0.356 e. The average Bonchev–Trinajstić information content (AvgIpc) is 3.07. The van der Waals surface area contributed by atoms with Gasteiger partial charge in [0.1, 0.15) is 5.82 Å². The summed E-state index contributed by atoms with van der Waals surface area (Å²) in [6, 6.07) is 8.53. The number of nitrogens with zero attached hydrogens (tertiary/aromatic N) is 3. The topological polar surface area (TPSA) is 68.3 Å². The Labute approximate surface area is 157 Å². The minimum atomic E-state index is 0.406. The fourth-order valence-corrected chi connectivity index (χ4v) is 3.08. The van der Waals surface area contributed by atoms with Gasteiger partial charge in [-0.1, -0.05) is 26.0 Å². The minimum Gasteiger partial charge on any atom is -0.356 e. The van der Waals surface area contributed by atoms with Gasteiger partial charge in [-0.05, 0) is 51.5 Å². The Morgan fingerprint density at radius 2 is 2.04 bits per heavy atom. The summed E-state index contributed by atoms with van der Waals surface area (Å²) >= 11 is 0. The van der Waals surface area contributed by atoms with Gasteiger partial charge in [-0.3, -0.25) is 4.99 Å². The zero-order chi connectivity index (χ0) is 18.8. The van der Waals surface area contributed by atoms with Crippen molar-refractivity contribution in [3.63, 3.8) is 0 Å². The molecule has 0 spiro atoms. The highest BCUT2D eigenvalue weighted by molar-refractivity contribution is 5.80. The molecule has 6 heteroatoms. The summed E-state index contributed by atoms with van der Waals surface area (Å²) in [5.41, 5.74) is 2.11. The number of benzene rings is 1.